The van der Waals surface area contributed by atoms with Crippen molar-refractivity contribution < 1.29 is 9.90 Å². The monoisotopic (exact) mass is 440 g/mol. The molecule has 152 valence electrons. The van der Waals surface area contributed by atoms with Crippen LogP contribution in [0.15, 0.2) is 33.7 Å². The maximum atomic E-state index is 12.1. The quantitative estimate of drug-likeness (QED) is 0.242. The number of hydrogen-bond donors (Lipinski definition) is 4. The van der Waals surface area contributed by atoms with Gasteiger partial charge in [-0.25, -0.2) is 0 Å². The van der Waals surface area contributed by atoms with E-state index in [0.717, 1.165) is 36.2 Å². The molecule has 0 spiro atoms. The van der Waals surface area contributed by atoms with Crippen molar-refractivity contribution in [3.63, 3.8) is 0 Å². The van der Waals surface area contributed by atoms with Crippen LogP contribution in [0.5, 0.6) is 0 Å². The van der Waals surface area contributed by atoms with E-state index >= 15 is 0 Å². The third kappa shape index (κ3) is 8.30. The van der Waals surface area contributed by atoms with E-state index in [1.54, 1.807) is 12.1 Å². The standard InChI is InChI=1S/C20H33BrN4O2/c1-4-20(5-2,10-13-26)15-25-19(22-6-3)24-12-11-23-18(27)16-8-7-9-17(21)14-16/h7-9,14,26H,4-6,10-13,15H2,1-3H3,(H,23,27)(H2,22,24,25). The molecule has 0 aliphatic carbocycles. The minimum Gasteiger partial charge on any atom is -0.396 e. The van der Waals surface area contributed by atoms with Crippen molar-refractivity contribution in [2.75, 3.05) is 32.8 Å². The van der Waals surface area contributed by atoms with Gasteiger partial charge in [-0.05, 0) is 49.8 Å². The van der Waals surface area contributed by atoms with Crippen LogP contribution in [0.3, 0.4) is 0 Å². The SMILES string of the molecule is CCNC(=NCC(CC)(CC)CCO)NCCNC(=O)c1cccc(Br)c1. The van der Waals surface area contributed by atoms with Gasteiger partial charge in [0.25, 0.3) is 5.91 Å². The average molecular weight is 441 g/mol. The number of amides is 1. The minimum atomic E-state index is -0.0982. The number of halogens is 1. The molecule has 0 unspecified atom stereocenters. The molecule has 4 N–H and O–H groups in total. The first-order chi connectivity index (χ1) is 13.0. The molecule has 6 nitrogen and oxygen atoms in total. The van der Waals surface area contributed by atoms with E-state index in [-0.39, 0.29) is 17.9 Å². The highest BCUT2D eigenvalue weighted by molar-refractivity contribution is 9.10. The molecule has 0 aliphatic rings. The van der Waals surface area contributed by atoms with Crippen LogP contribution in [0.1, 0.15) is 50.4 Å². The smallest absolute Gasteiger partial charge is 0.251 e. The van der Waals surface area contributed by atoms with Crippen LogP contribution in [-0.4, -0.2) is 49.8 Å². The van der Waals surface area contributed by atoms with Crippen LogP contribution in [-0.2, 0) is 0 Å². The summed E-state index contributed by atoms with van der Waals surface area (Å²) in [5, 5.41) is 18.7. The molecule has 1 aromatic rings. The average Bonchev–Trinajstić information content (AvgIpc) is 2.68. The van der Waals surface area contributed by atoms with Crippen molar-refractivity contribution in [2.45, 2.75) is 40.0 Å². The van der Waals surface area contributed by atoms with E-state index in [1.165, 1.54) is 0 Å². The third-order valence-corrected chi connectivity index (χ3v) is 5.34. The lowest BCUT2D eigenvalue weighted by Gasteiger charge is -2.29. The molecule has 0 saturated heterocycles. The van der Waals surface area contributed by atoms with Crippen LogP contribution in [0, 0.1) is 5.41 Å². The first-order valence-electron chi connectivity index (χ1n) is 9.67. The Balaban J connectivity index is 2.53. The summed E-state index contributed by atoms with van der Waals surface area (Å²) in [7, 11) is 0. The fourth-order valence-corrected chi connectivity index (χ4v) is 3.22. The van der Waals surface area contributed by atoms with E-state index in [4.69, 9.17) is 4.99 Å². The highest BCUT2D eigenvalue weighted by Crippen LogP contribution is 2.30. The molecule has 0 atom stereocenters. The summed E-state index contributed by atoms with van der Waals surface area (Å²) in [6.45, 7) is 9.01. The molecular formula is C20H33BrN4O2. The number of guanidine groups is 1. The van der Waals surface area contributed by atoms with E-state index in [2.05, 4.69) is 45.7 Å². The lowest BCUT2D eigenvalue weighted by molar-refractivity contribution is 0.0954. The maximum Gasteiger partial charge on any atom is 0.251 e. The van der Waals surface area contributed by atoms with Crippen molar-refractivity contribution in [3.8, 4) is 0 Å². The number of rotatable bonds is 11. The Labute approximate surface area is 171 Å². The lowest BCUT2D eigenvalue weighted by atomic mass is 9.79. The summed E-state index contributed by atoms with van der Waals surface area (Å²) in [5.74, 6) is 0.636. The molecule has 0 bridgehead atoms. The van der Waals surface area contributed by atoms with Crippen molar-refractivity contribution >= 4 is 27.8 Å². The molecule has 0 aliphatic heterocycles. The number of aliphatic hydroxyl groups is 1. The largest absolute Gasteiger partial charge is 0.396 e. The van der Waals surface area contributed by atoms with Crippen LogP contribution < -0.4 is 16.0 Å². The van der Waals surface area contributed by atoms with Crippen molar-refractivity contribution in [3.05, 3.63) is 34.3 Å². The van der Waals surface area contributed by atoms with Gasteiger partial charge >= 0.3 is 0 Å². The zero-order valence-corrected chi connectivity index (χ0v) is 18.2. The van der Waals surface area contributed by atoms with Gasteiger partial charge in [0, 0.05) is 42.8 Å². The van der Waals surface area contributed by atoms with Gasteiger partial charge in [0.15, 0.2) is 5.96 Å². The Morgan fingerprint density at radius 2 is 1.85 bits per heavy atom. The molecule has 27 heavy (non-hydrogen) atoms. The first-order valence-corrected chi connectivity index (χ1v) is 10.5. The molecule has 0 fully saturated rings. The Kier molecular flexibility index (Phi) is 11.0. The number of aliphatic imine (C=N–C) groups is 1. The summed E-state index contributed by atoms with van der Waals surface area (Å²) >= 11 is 3.37. The minimum absolute atomic E-state index is 0.0337. The second-order valence-electron chi connectivity index (χ2n) is 6.57. The fourth-order valence-electron chi connectivity index (χ4n) is 2.82. The number of benzene rings is 1. The van der Waals surface area contributed by atoms with Gasteiger partial charge in [-0.1, -0.05) is 35.8 Å². The van der Waals surface area contributed by atoms with Gasteiger partial charge in [0.1, 0.15) is 0 Å². The Morgan fingerprint density at radius 1 is 1.15 bits per heavy atom. The highest BCUT2D eigenvalue weighted by Gasteiger charge is 2.25. The van der Waals surface area contributed by atoms with Crippen LogP contribution >= 0.6 is 15.9 Å². The van der Waals surface area contributed by atoms with Crippen LogP contribution in [0.4, 0.5) is 0 Å². The zero-order valence-electron chi connectivity index (χ0n) is 16.6. The fraction of sp³-hybridized carbons (Fsp3) is 0.600. The number of carbonyl (C=O) groups is 1. The van der Waals surface area contributed by atoms with Gasteiger partial charge in [-0.15, -0.1) is 0 Å². The van der Waals surface area contributed by atoms with Gasteiger partial charge in [-0.2, -0.15) is 0 Å². The summed E-state index contributed by atoms with van der Waals surface area (Å²) in [5.41, 5.74) is 0.663. The first kappa shape index (κ1) is 23.4. The van der Waals surface area contributed by atoms with E-state index < -0.39 is 0 Å². The van der Waals surface area contributed by atoms with Crippen LogP contribution in [0.2, 0.25) is 0 Å². The summed E-state index contributed by atoms with van der Waals surface area (Å²) in [6, 6.07) is 7.31. The summed E-state index contributed by atoms with van der Waals surface area (Å²) < 4.78 is 0.882. The van der Waals surface area contributed by atoms with Gasteiger partial charge in [-0.3, -0.25) is 9.79 Å². The van der Waals surface area contributed by atoms with Gasteiger partial charge < -0.3 is 21.1 Å². The zero-order chi connectivity index (χ0) is 20.1. The van der Waals surface area contributed by atoms with Crippen LogP contribution in [0.25, 0.3) is 0 Å². The molecule has 0 radical (unpaired) electrons. The Hall–Kier alpha value is -1.60. The van der Waals surface area contributed by atoms with Crippen molar-refractivity contribution in [1.29, 1.82) is 0 Å². The molecule has 1 rings (SSSR count). The molecule has 1 amide bonds. The molecular weight excluding hydrogens is 408 g/mol. The second-order valence-corrected chi connectivity index (χ2v) is 7.48. The van der Waals surface area contributed by atoms with E-state index in [0.29, 0.717) is 25.2 Å². The summed E-state index contributed by atoms with van der Waals surface area (Å²) in [6.07, 6.45) is 2.72. The van der Waals surface area contributed by atoms with Gasteiger partial charge in [0.05, 0.1) is 0 Å². The van der Waals surface area contributed by atoms with E-state index in [1.807, 2.05) is 19.1 Å². The number of nitrogens with zero attached hydrogens (tertiary/aromatic N) is 1. The van der Waals surface area contributed by atoms with Gasteiger partial charge in [0.2, 0.25) is 0 Å². The lowest BCUT2D eigenvalue weighted by Crippen LogP contribution is -2.42. The van der Waals surface area contributed by atoms with Crippen molar-refractivity contribution in [2.24, 2.45) is 10.4 Å². The molecule has 0 saturated carbocycles. The molecule has 0 heterocycles. The van der Waals surface area contributed by atoms with E-state index in [9.17, 15) is 9.90 Å². The molecule has 7 heteroatoms. The number of nitrogens with one attached hydrogen (secondary N) is 3. The third-order valence-electron chi connectivity index (χ3n) is 4.85. The molecule has 1 aromatic carbocycles. The van der Waals surface area contributed by atoms with Crippen molar-refractivity contribution in [1.82, 2.24) is 16.0 Å². The Bertz CT molecular complexity index is 603. The summed E-state index contributed by atoms with van der Waals surface area (Å²) in [4.78, 5) is 16.8. The number of hydrogen-bond acceptors (Lipinski definition) is 3. The number of carbonyl (C=O) groups excluding carboxylic acids is 1. The number of aliphatic hydroxyl groups excluding tert-OH is 1. The predicted octanol–water partition coefficient (Wildman–Crippen LogP) is 2.92. The normalized spacial score (nSPS) is 12.0. The molecule has 0 aromatic heterocycles. The maximum absolute atomic E-state index is 12.1. The predicted molar refractivity (Wildman–Crippen MR) is 115 cm³/mol. The Morgan fingerprint density at radius 3 is 2.44 bits per heavy atom. The second kappa shape index (κ2) is 12.7. The topological polar surface area (TPSA) is 85.8 Å². The highest BCUT2D eigenvalue weighted by atomic mass is 79.9.